The molecule has 1 aromatic carbocycles. The SMILES string of the molecule is CCCN(Cc1ccc(C(=O)O)cc1)C1CCNCC1. The average molecular weight is 276 g/mol. The Kier molecular flexibility index (Phi) is 5.56. The predicted molar refractivity (Wildman–Crippen MR) is 80.0 cm³/mol. The normalized spacial score (nSPS) is 16.5. The molecule has 0 saturated carbocycles. The summed E-state index contributed by atoms with van der Waals surface area (Å²) < 4.78 is 0. The number of piperidine rings is 1. The lowest BCUT2D eigenvalue weighted by Gasteiger charge is -2.34. The fourth-order valence-electron chi connectivity index (χ4n) is 2.84. The largest absolute Gasteiger partial charge is 0.478 e. The van der Waals surface area contributed by atoms with Gasteiger partial charge >= 0.3 is 5.97 Å². The summed E-state index contributed by atoms with van der Waals surface area (Å²) in [5.41, 5.74) is 1.56. The number of aromatic carboxylic acids is 1. The molecule has 0 spiro atoms. The molecule has 0 amide bonds. The topological polar surface area (TPSA) is 52.6 Å². The van der Waals surface area contributed by atoms with Gasteiger partial charge in [-0.1, -0.05) is 19.1 Å². The molecule has 4 nitrogen and oxygen atoms in total. The van der Waals surface area contributed by atoms with Gasteiger partial charge in [-0.3, -0.25) is 4.90 Å². The lowest BCUT2D eigenvalue weighted by Crippen LogP contribution is -2.43. The molecule has 1 aliphatic rings. The van der Waals surface area contributed by atoms with Crippen molar-refractivity contribution in [2.75, 3.05) is 19.6 Å². The third kappa shape index (κ3) is 4.05. The molecule has 0 aromatic heterocycles. The summed E-state index contributed by atoms with van der Waals surface area (Å²) in [5.74, 6) is -0.861. The van der Waals surface area contributed by atoms with Crippen LogP contribution >= 0.6 is 0 Å². The van der Waals surface area contributed by atoms with Crippen LogP contribution in [0.1, 0.15) is 42.1 Å². The van der Waals surface area contributed by atoms with E-state index in [1.807, 2.05) is 12.1 Å². The van der Waals surface area contributed by atoms with Gasteiger partial charge in [0.15, 0.2) is 0 Å². The van der Waals surface area contributed by atoms with Gasteiger partial charge in [-0.15, -0.1) is 0 Å². The Morgan fingerprint density at radius 2 is 1.95 bits per heavy atom. The number of nitrogens with one attached hydrogen (secondary N) is 1. The van der Waals surface area contributed by atoms with E-state index in [0.29, 0.717) is 11.6 Å². The fraction of sp³-hybridized carbons (Fsp3) is 0.562. The molecule has 0 atom stereocenters. The Balaban J connectivity index is 2.01. The van der Waals surface area contributed by atoms with E-state index in [-0.39, 0.29) is 0 Å². The molecule has 1 heterocycles. The highest BCUT2D eigenvalue weighted by atomic mass is 16.4. The van der Waals surface area contributed by atoms with Crippen molar-refractivity contribution in [3.05, 3.63) is 35.4 Å². The highest BCUT2D eigenvalue weighted by molar-refractivity contribution is 5.87. The minimum Gasteiger partial charge on any atom is -0.478 e. The summed E-state index contributed by atoms with van der Waals surface area (Å²) in [6, 6.07) is 7.92. The third-order valence-corrected chi connectivity index (χ3v) is 3.92. The van der Waals surface area contributed by atoms with Gasteiger partial charge in [-0.25, -0.2) is 4.79 Å². The number of carboxylic acid groups (broad SMARTS) is 1. The molecule has 0 aliphatic carbocycles. The monoisotopic (exact) mass is 276 g/mol. The van der Waals surface area contributed by atoms with Crippen LogP contribution in [0.15, 0.2) is 24.3 Å². The van der Waals surface area contributed by atoms with Gasteiger partial charge in [0.05, 0.1) is 5.56 Å². The maximum absolute atomic E-state index is 10.9. The summed E-state index contributed by atoms with van der Waals surface area (Å²) in [6.45, 7) is 6.43. The summed E-state index contributed by atoms with van der Waals surface area (Å²) in [6.07, 6.45) is 3.55. The maximum atomic E-state index is 10.9. The average Bonchev–Trinajstić information content (AvgIpc) is 2.48. The van der Waals surface area contributed by atoms with E-state index < -0.39 is 5.97 Å². The quantitative estimate of drug-likeness (QED) is 0.837. The van der Waals surface area contributed by atoms with Crippen LogP contribution in [0.3, 0.4) is 0 Å². The Morgan fingerprint density at radius 1 is 1.30 bits per heavy atom. The van der Waals surface area contributed by atoms with Gasteiger partial charge in [-0.2, -0.15) is 0 Å². The van der Waals surface area contributed by atoms with E-state index in [4.69, 9.17) is 5.11 Å². The Labute approximate surface area is 120 Å². The number of nitrogens with zero attached hydrogens (tertiary/aromatic N) is 1. The molecule has 110 valence electrons. The van der Waals surface area contributed by atoms with Crippen molar-refractivity contribution in [2.45, 2.75) is 38.8 Å². The molecule has 0 unspecified atom stereocenters. The summed E-state index contributed by atoms with van der Waals surface area (Å²) in [4.78, 5) is 13.4. The Hall–Kier alpha value is -1.39. The number of carboxylic acids is 1. The van der Waals surface area contributed by atoms with Gasteiger partial charge in [0.1, 0.15) is 0 Å². The smallest absolute Gasteiger partial charge is 0.335 e. The minimum atomic E-state index is -0.861. The Morgan fingerprint density at radius 3 is 2.50 bits per heavy atom. The standard InChI is InChI=1S/C16H24N2O2/c1-2-11-18(15-7-9-17-10-8-15)12-13-3-5-14(6-4-13)16(19)20/h3-6,15,17H,2,7-12H2,1H3,(H,19,20). The zero-order valence-corrected chi connectivity index (χ0v) is 12.1. The van der Waals surface area contributed by atoms with Crippen LogP contribution in [0.25, 0.3) is 0 Å². The van der Waals surface area contributed by atoms with Crippen LogP contribution in [-0.2, 0) is 6.54 Å². The minimum absolute atomic E-state index is 0.359. The van der Waals surface area contributed by atoms with Gasteiger partial charge in [0.2, 0.25) is 0 Å². The molecular formula is C16H24N2O2. The van der Waals surface area contributed by atoms with Gasteiger partial charge in [0.25, 0.3) is 0 Å². The molecule has 1 fully saturated rings. The third-order valence-electron chi connectivity index (χ3n) is 3.92. The van der Waals surface area contributed by atoms with Crippen molar-refractivity contribution in [2.24, 2.45) is 0 Å². The molecule has 0 bridgehead atoms. The predicted octanol–water partition coefficient (Wildman–Crippen LogP) is 2.35. The maximum Gasteiger partial charge on any atom is 0.335 e. The first-order chi connectivity index (χ1) is 9.70. The van der Waals surface area contributed by atoms with Crippen molar-refractivity contribution in [1.29, 1.82) is 0 Å². The summed E-state index contributed by atoms with van der Waals surface area (Å²) >= 11 is 0. The van der Waals surface area contributed by atoms with Crippen molar-refractivity contribution in [3.8, 4) is 0 Å². The van der Waals surface area contributed by atoms with Crippen LogP contribution in [0.2, 0.25) is 0 Å². The number of hydrogen-bond acceptors (Lipinski definition) is 3. The molecule has 2 rings (SSSR count). The number of hydrogen-bond donors (Lipinski definition) is 2. The second-order valence-electron chi connectivity index (χ2n) is 5.45. The van der Waals surface area contributed by atoms with E-state index in [1.165, 1.54) is 18.4 Å². The van der Waals surface area contributed by atoms with Gasteiger partial charge in [0, 0.05) is 12.6 Å². The molecule has 1 aliphatic heterocycles. The van der Waals surface area contributed by atoms with E-state index in [0.717, 1.165) is 32.6 Å². The van der Waals surface area contributed by atoms with E-state index in [2.05, 4.69) is 17.1 Å². The molecule has 1 aromatic rings. The Bertz CT molecular complexity index is 425. The van der Waals surface area contributed by atoms with Gasteiger partial charge in [-0.05, 0) is 56.6 Å². The van der Waals surface area contributed by atoms with E-state index in [9.17, 15) is 4.79 Å². The molecule has 4 heteroatoms. The second kappa shape index (κ2) is 7.41. The van der Waals surface area contributed by atoms with Crippen LogP contribution in [0, 0.1) is 0 Å². The van der Waals surface area contributed by atoms with Crippen molar-refractivity contribution >= 4 is 5.97 Å². The molecule has 2 N–H and O–H groups in total. The van der Waals surface area contributed by atoms with Crippen LogP contribution in [0.5, 0.6) is 0 Å². The number of rotatable bonds is 6. The summed E-state index contributed by atoms with van der Waals surface area (Å²) in [5, 5.41) is 12.3. The molecule has 0 radical (unpaired) electrons. The summed E-state index contributed by atoms with van der Waals surface area (Å²) in [7, 11) is 0. The molecule has 20 heavy (non-hydrogen) atoms. The second-order valence-corrected chi connectivity index (χ2v) is 5.45. The molecule has 1 saturated heterocycles. The van der Waals surface area contributed by atoms with Crippen LogP contribution in [-0.4, -0.2) is 41.7 Å². The zero-order chi connectivity index (χ0) is 14.4. The van der Waals surface area contributed by atoms with Crippen LogP contribution < -0.4 is 5.32 Å². The fourth-order valence-corrected chi connectivity index (χ4v) is 2.84. The zero-order valence-electron chi connectivity index (χ0n) is 12.1. The van der Waals surface area contributed by atoms with Crippen LogP contribution in [0.4, 0.5) is 0 Å². The van der Waals surface area contributed by atoms with Crippen molar-refractivity contribution in [1.82, 2.24) is 10.2 Å². The number of carbonyl (C=O) groups is 1. The van der Waals surface area contributed by atoms with Gasteiger partial charge < -0.3 is 10.4 Å². The lowest BCUT2D eigenvalue weighted by molar-refractivity contribution is 0.0697. The highest BCUT2D eigenvalue weighted by Crippen LogP contribution is 2.16. The van der Waals surface area contributed by atoms with Crippen molar-refractivity contribution in [3.63, 3.8) is 0 Å². The van der Waals surface area contributed by atoms with Crippen molar-refractivity contribution < 1.29 is 9.90 Å². The van der Waals surface area contributed by atoms with E-state index >= 15 is 0 Å². The first-order valence-electron chi connectivity index (χ1n) is 7.47. The molecular weight excluding hydrogens is 252 g/mol. The first kappa shape index (κ1) is 15.0. The number of benzene rings is 1. The highest BCUT2D eigenvalue weighted by Gasteiger charge is 2.20. The van der Waals surface area contributed by atoms with E-state index in [1.54, 1.807) is 12.1 Å². The first-order valence-corrected chi connectivity index (χ1v) is 7.47. The lowest BCUT2D eigenvalue weighted by atomic mass is 10.0.